The Labute approximate surface area is 152 Å². The van der Waals surface area contributed by atoms with Crippen molar-refractivity contribution < 1.29 is 14.6 Å². The summed E-state index contributed by atoms with van der Waals surface area (Å²) in [7, 11) is 0. The lowest BCUT2D eigenvalue weighted by Gasteiger charge is -2.14. The first kappa shape index (κ1) is 17.8. The van der Waals surface area contributed by atoms with Crippen LogP contribution in [0.1, 0.15) is 28.4 Å². The van der Waals surface area contributed by atoms with Crippen LogP contribution < -0.4 is 10.1 Å². The van der Waals surface area contributed by atoms with Crippen molar-refractivity contribution in [2.24, 2.45) is 0 Å². The molecule has 0 heterocycles. The van der Waals surface area contributed by atoms with Gasteiger partial charge in [0.15, 0.2) is 0 Å². The molecule has 6 heteroatoms. The van der Waals surface area contributed by atoms with Crippen LogP contribution in [0.4, 0.5) is 5.69 Å². The van der Waals surface area contributed by atoms with Gasteiger partial charge in [-0.3, -0.25) is 0 Å². The van der Waals surface area contributed by atoms with E-state index in [4.69, 9.17) is 4.74 Å². The minimum atomic E-state index is -0.919. The first-order chi connectivity index (χ1) is 10.9. The van der Waals surface area contributed by atoms with Crippen molar-refractivity contribution in [1.29, 1.82) is 0 Å². The van der Waals surface area contributed by atoms with Crippen LogP contribution in [0.25, 0.3) is 0 Å². The van der Waals surface area contributed by atoms with Gasteiger partial charge in [0.2, 0.25) is 0 Å². The maximum atomic E-state index is 11.2. The Hall–Kier alpha value is -1.53. The molecule has 2 aromatic rings. The summed E-state index contributed by atoms with van der Waals surface area (Å²) in [6, 6.07) is 9.19. The van der Waals surface area contributed by atoms with Gasteiger partial charge in [-0.1, -0.05) is 6.07 Å². The van der Waals surface area contributed by atoms with Crippen LogP contribution in [-0.4, -0.2) is 17.7 Å². The molecular formula is C17H17Br2NO3. The monoisotopic (exact) mass is 441 g/mol. The Morgan fingerprint density at radius 1 is 1.26 bits per heavy atom. The lowest BCUT2D eigenvalue weighted by atomic mass is 10.1. The Kier molecular flexibility index (Phi) is 6.07. The number of hydrogen-bond donors (Lipinski definition) is 2. The molecule has 0 bridgehead atoms. The topological polar surface area (TPSA) is 58.6 Å². The zero-order chi connectivity index (χ0) is 17.0. The van der Waals surface area contributed by atoms with Gasteiger partial charge in [0.1, 0.15) is 5.75 Å². The number of carboxylic acid groups (broad SMARTS) is 1. The summed E-state index contributed by atoms with van der Waals surface area (Å²) < 4.78 is 7.32. The fourth-order valence-electron chi connectivity index (χ4n) is 2.25. The maximum Gasteiger partial charge on any atom is 0.336 e. The number of aromatic carboxylic acids is 1. The number of ether oxygens (including phenoxy) is 1. The molecule has 0 radical (unpaired) electrons. The molecule has 0 aliphatic heterocycles. The van der Waals surface area contributed by atoms with Crippen LogP contribution in [0, 0.1) is 6.92 Å². The number of benzene rings is 2. The average Bonchev–Trinajstić information content (AvgIpc) is 2.49. The van der Waals surface area contributed by atoms with Crippen LogP contribution in [0.5, 0.6) is 5.75 Å². The fourth-order valence-corrected chi connectivity index (χ4v) is 3.76. The number of nitrogens with one attached hydrogen (secondary N) is 1. The number of rotatable bonds is 6. The van der Waals surface area contributed by atoms with Crippen molar-refractivity contribution in [3.8, 4) is 5.75 Å². The summed E-state index contributed by atoms with van der Waals surface area (Å²) in [6.45, 7) is 4.91. The molecule has 0 fully saturated rings. The maximum absolute atomic E-state index is 11.2. The van der Waals surface area contributed by atoms with E-state index >= 15 is 0 Å². The van der Waals surface area contributed by atoms with Crippen molar-refractivity contribution >= 4 is 43.5 Å². The summed E-state index contributed by atoms with van der Waals surface area (Å²) in [5.41, 5.74) is 2.89. The summed E-state index contributed by atoms with van der Waals surface area (Å²) in [6.07, 6.45) is 0. The van der Waals surface area contributed by atoms with Crippen LogP contribution in [0.3, 0.4) is 0 Å². The smallest absolute Gasteiger partial charge is 0.336 e. The van der Waals surface area contributed by atoms with Gasteiger partial charge in [-0.25, -0.2) is 4.79 Å². The van der Waals surface area contributed by atoms with E-state index in [1.54, 1.807) is 19.1 Å². The fraction of sp³-hybridized carbons (Fsp3) is 0.235. The highest BCUT2D eigenvalue weighted by Gasteiger charge is 2.11. The molecule has 0 aromatic heterocycles. The number of halogens is 2. The molecule has 0 aliphatic carbocycles. The van der Waals surface area contributed by atoms with Gasteiger partial charge in [-0.05, 0) is 81.1 Å². The number of carboxylic acids is 1. The van der Waals surface area contributed by atoms with Gasteiger partial charge in [0, 0.05) is 12.2 Å². The van der Waals surface area contributed by atoms with Crippen LogP contribution >= 0.6 is 31.9 Å². The molecule has 2 rings (SSSR count). The predicted octanol–water partition coefficient (Wildman–Crippen LogP) is 5.23. The lowest BCUT2D eigenvalue weighted by molar-refractivity contribution is 0.0696. The molecule has 4 nitrogen and oxygen atoms in total. The highest BCUT2D eigenvalue weighted by Crippen LogP contribution is 2.35. The van der Waals surface area contributed by atoms with Gasteiger partial charge in [-0.2, -0.15) is 0 Å². The van der Waals surface area contributed by atoms with Crippen LogP contribution in [-0.2, 0) is 6.54 Å². The summed E-state index contributed by atoms with van der Waals surface area (Å²) in [5.74, 6) is -0.141. The second kappa shape index (κ2) is 7.84. The summed E-state index contributed by atoms with van der Waals surface area (Å²) in [4.78, 5) is 11.2. The Bertz CT molecular complexity index is 709. The third kappa shape index (κ3) is 4.26. The molecule has 122 valence electrons. The zero-order valence-corrected chi connectivity index (χ0v) is 16.0. The third-order valence-corrected chi connectivity index (χ3v) is 4.57. The molecule has 0 unspecified atom stereocenters. The zero-order valence-electron chi connectivity index (χ0n) is 12.8. The minimum Gasteiger partial charge on any atom is -0.492 e. The van der Waals surface area contributed by atoms with Crippen molar-refractivity contribution in [3.63, 3.8) is 0 Å². The molecule has 0 aliphatic rings. The van der Waals surface area contributed by atoms with Gasteiger partial charge >= 0.3 is 5.97 Å². The molecule has 0 spiro atoms. The third-order valence-electron chi connectivity index (χ3n) is 3.39. The van der Waals surface area contributed by atoms with E-state index < -0.39 is 5.97 Å². The second-order valence-electron chi connectivity index (χ2n) is 4.96. The number of carbonyl (C=O) groups is 1. The van der Waals surface area contributed by atoms with Gasteiger partial charge in [-0.15, -0.1) is 0 Å². The molecule has 2 aromatic carbocycles. The highest BCUT2D eigenvalue weighted by molar-refractivity contribution is 9.11. The van der Waals surface area contributed by atoms with E-state index in [0.29, 0.717) is 18.7 Å². The number of hydrogen-bond acceptors (Lipinski definition) is 3. The second-order valence-corrected chi connectivity index (χ2v) is 6.67. The van der Waals surface area contributed by atoms with E-state index in [0.717, 1.165) is 31.5 Å². The lowest BCUT2D eigenvalue weighted by Crippen LogP contribution is -2.06. The SMILES string of the molecule is CCOc1c(Br)cc(CNc2cccc(C(=O)O)c2C)cc1Br. The van der Waals surface area contributed by atoms with Crippen molar-refractivity contribution in [3.05, 3.63) is 56.0 Å². The van der Waals surface area contributed by atoms with Crippen molar-refractivity contribution in [1.82, 2.24) is 0 Å². The predicted molar refractivity (Wildman–Crippen MR) is 98.5 cm³/mol. The molecule has 0 amide bonds. The molecular weight excluding hydrogens is 426 g/mol. The minimum absolute atomic E-state index is 0.309. The molecule has 23 heavy (non-hydrogen) atoms. The molecule has 0 atom stereocenters. The highest BCUT2D eigenvalue weighted by atomic mass is 79.9. The molecule has 0 saturated heterocycles. The first-order valence-electron chi connectivity index (χ1n) is 7.11. The number of anilines is 1. The molecule has 0 saturated carbocycles. The van der Waals surface area contributed by atoms with E-state index in [9.17, 15) is 9.90 Å². The Morgan fingerprint density at radius 3 is 2.48 bits per heavy atom. The average molecular weight is 443 g/mol. The van der Waals surface area contributed by atoms with Gasteiger partial charge in [0.25, 0.3) is 0 Å². The Morgan fingerprint density at radius 2 is 1.91 bits per heavy atom. The Balaban J connectivity index is 2.19. The van der Waals surface area contributed by atoms with E-state index in [-0.39, 0.29) is 0 Å². The normalized spacial score (nSPS) is 10.4. The van der Waals surface area contributed by atoms with E-state index in [1.165, 1.54) is 0 Å². The van der Waals surface area contributed by atoms with E-state index in [2.05, 4.69) is 37.2 Å². The van der Waals surface area contributed by atoms with Crippen LogP contribution in [0.2, 0.25) is 0 Å². The largest absolute Gasteiger partial charge is 0.492 e. The van der Waals surface area contributed by atoms with Gasteiger partial charge < -0.3 is 15.2 Å². The van der Waals surface area contributed by atoms with Crippen molar-refractivity contribution in [2.75, 3.05) is 11.9 Å². The summed E-state index contributed by atoms with van der Waals surface area (Å²) >= 11 is 7.02. The van der Waals surface area contributed by atoms with E-state index in [1.807, 2.05) is 25.1 Å². The van der Waals surface area contributed by atoms with Crippen LogP contribution in [0.15, 0.2) is 39.3 Å². The van der Waals surface area contributed by atoms with Gasteiger partial charge in [0.05, 0.1) is 21.1 Å². The quantitative estimate of drug-likeness (QED) is 0.643. The standard InChI is InChI=1S/C17H17Br2NO3/c1-3-23-16-13(18)7-11(8-14(16)19)9-20-15-6-4-5-12(10(15)2)17(21)22/h4-8,20H,3,9H2,1-2H3,(H,21,22). The first-order valence-corrected chi connectivity index (χ1v) is 8.70. The molecule has 2 N–H and O–H groups in total. The van der Waals surface area contributed by atoms with Crippen molar-refractivity contribution in [2.45, 2.75) is 20.4 Å². The summed E-state index contributed by atoms with van der Waals surface area (Å²) in [5, 5.41) is 12.5.